The molecule has 112 valence electrons. The summed E-state index contributed by atoms with van der Waals surface area (Å²) in [5, 5.41) is 3.09. The topological polar surface area (TPSA) is 29.1 Å². The van der Waals surface area contributed by atoms with Gasteiger partial charge in [-0.3, -0.25) is 4.79 Å². The molecule has 1 unspecified atom stereocenters. The highest BCUT2D eigenvalue weighted by molar-refractivity contribution is 5.76. The summed E-state index contributed by atoms with van der Waals surface area (Å²) in [4.78, 5) is 11.8. The Kier molecular flexibility index (Phi) is 9.63. The second-order valence-corrected chi connectivity index (χ2v) is 6.60. The standard InChI is InChI=1S/C17H33NO/c1-6-7-8-9-10-11-12-13-14-16(19)18-15(2)17(3,4)5/h6,15H,1,7-14H2,2-5H3,(H,18,19). The molecular weight excluding hydrogens is 234 g/mol. The van der Waals surface area contributed by atoms with Gasteiger partial charge in [0.25, 0.3) is 0 Å². The number of hydrogen-bond donors (Lipinski definition) is 1. The molecule has 0 saturated carbocycles. The average molecular weight is 267 g/mol. The molecule has 2 heteroatoms. The molecule has 0 aliphatic heterocycles. The lowest BCUT2D eigenvalue weighted by Gasteiger charge is -2.28. The summed E-state index contributed by atoms with van der Waals surface area (Å²) in [6.45, 7) is 12.3. The molecule has 0 aromatic carbocycles. The SMILES string of the molecule is C=CCCCCCCCCC(=O)NC(C)C(C)(C)C. The number of carbonyl (C=O) groups excluding carboxylic acids is 1. The van der Waals surface area contributed by atoms with Gasteiger partial charge in [-0.15, -0.1) is 6.58 Å². The lowest BCUT2D eigenvalue weighted by molar-refractivity contribution is -0.122. The monoisotopic (exact) mass is 267 g/mol. The number of carbonyl (C=O) groups is 1. The van der Waals surface area contributed by atoms with Gasteiger partial charge in [0.1, 0.15) is 0 Å². The first-order valence-corrected chi connectivity index (χ1v) is 7.78. The van der Waals surface area contributed by atoms with Crippen LogP contribution in [0.25, 0.3) is 0 Å². The van der Waals surface area contributed by atoms with E-state index in [4.69, 9.17) is 0 Å². The third-order valence-corrected chi connectivity index (χ3v) is 3.74. The summed E-state index contributed by atoms with van der Waals surface area (Å²) in [5.41, 5.74) is 0.140. The van der Waals surface area contributed by atoms with Crippen molar-refractivity contribution in [2.45, 2.75) is 85.1 Å². The Hall–Kier alpha value is -0.790. The van der Waals surface area contributed by atoms with E-state index in [1.165, 1.54) is 32.1 Å². The molecule has 0 aliphatic carbocycles. The van der Waals surface area contributed by atoms with Crippen molar-refractivity contribution in [2.24, 2.45) is 5.41 Å². The van der Waals surface area contributed by atoms with Crippen LogP contribution in [0, 0.1) is 5.41 Å². The number of amides is 1. The fourth-order valence-electron chi connectivity index (χ4n) is 1.81. The Morgan fingerprint density at radius 2 is 1.63 bits per heavy atom. The van der Waals surface area contributed by atoms with Crippen LogP contribution in [0.1, 0.15) is 79.1 Å². The van der Waals surface area contributed by atoms with Crippen molar-refractivity contribution in [3.8, 4) is 0 Å². The van der Waals surface area contributed by atoms with Gasteiger partial charge in [-0.05, 0) is 31.6 Å². The van der Waals surface area contributed by atoms with Crippen LogP contribution in [-0.4, -0.2) is 11.9 Å². The van der Waals surface area contributed by atoms with E-state index in [1.54, 1.807) is 0 Å². The maximum Gasteiger partial charge on any atom is 0.220 e. The molecular formula is C17H33NO. The Balaban J connectivity index is 3.46. The smallest absolute Gasteiger partial charge is 0.220 e. The van der Waals surface area contributed by atoms with Crippen LogP contribution in [0.3, 0.4) is 0 Å². The number of hydrogen-bond acceptors (Lipinski definition) is 1. The number of rotatable bonds is 10. The van der Waals surface area contributed by atoms with Gasteiger partial charge in [0.15, 0.2) is 0 Å². The van der Waals surface area contributed by atoms with Crippen molar-refractivity contribution >= 4 is 5.91 Å². The molecule has 1 N–H and O–H groups in total. The van der Waals surface area contributed by atoms with Crippen LogP contribution in [0.5, 0.6) is 0 Å². The van der Waals surface area contributed by atoms with E-state index < -0.39 is 0 Å². The van der Waals surface area contributed by atoms with E-state index in [-0.39, 0.29) is 17.4 Å². The van der Waals surface area contributed by atoms with Crippen LogP contribution in [0.4, 0.5) is 0 Å². The molecule has 0 aromatic rings. The van der Waals surface area contributed by atoms with Crippen molar-refractivity contribution < 1.29 is 4.79 Å². The van der Waals surface area contributed by atoms with E-state index in [0.717, 1.165) is 12.8 Å². The Morgan fingerprint density at radius 3 is 2.16 bits per heavy atom. The zero-order chi connectivity index (χ0) is 14.7. The lowest BCUT2D eigenvalue weighted by atomic mass is 9.88. The number of allylic oxidation sites excluding steroid dienone is 1. The highest BCUT2D eigenvalue weighted by atomic mass is 16.1. The molecule has 19 heavy (non-hydrogen) atoms. The largest absolute Gasteiger partial charge is 0.353 e. The van der Waals surface area contributed by atoms with Crippen molar-refractivity contribution in [2.75, 3.05) is 0 Å². The van der Waals surface area contributed by atoms with E-state index in [0.29, 0.717) is 6.42 Å². The molecule has 0 bridgehead atoms. The van der Waals surface area contributed by atoms with Gasteiger partial charge in [0.05, 0.1) is 0 Å². The lowest BCUT2D eigenvalue weighted by Crippen LogP contribution is -2.41. The predicted molar refractivity (Wildman–Crippen MR) is 84.2 cm³/mol. The zero-order valence-corrected chi connectivity index (χ0v) is 13.4. The quantitative estimate of drug-likeness (QED) is 0.445. The molecule has 0 heterocycles. The Labute approximate surface area is 120 Å². The summed E-state index contributed by atoms with van der Waals surface area (Å²) in [6.07, 6.45) is 11.1. The normalized spacial score (nSPS) is 13.1. The van der Waals surface area contributed by atoms with Gasteiger partial charge < -0.3 is 5.32 Å². The molecule has 0 fully saturated rings. The fraction of sp³-hybridized carbons (Fsp3) is 0.824. The van der Waals surface area contributed by atoms with Gasteiger partial charge >= 0.3 is 0 Å². The van der Waals surface area contributed by atoms with Gasteiger partial charge in [-0.2, -0.15) is 0 Å². The van der Waals surface area contributed by atoms with Crippen molar-refractivity contribution in [3.05, 3.63) is 12.7 Å². The molecule has 1 amide bonds. The van der Waals surface area contributed by atoms with Crippen LogP contribution in [0.15, 0.2) is 12.7 Å². The highest BCUT2D eigenvalue weighted by Crippen LogP contribution is 2.18. The van der Waals surface area contributed by atoms with Crippen LogP contribution in [0.2, 0.25) is 0 Å². The summed E-state index contributed by atoms with van der Waals surface area (Å²) in [6, 6.07) is 0.235. The van der Waals surface area contributed by atoms with Gasteiger partial charge in [0, 0.05) is 12.5 Å². The summed E-state index contributed by atoms with van der Waals surface area (Å²) >= 11 is 0. The second kappa shape index (κ2) is 10.1. The van der Waals surface area contributed by atoms with Crippen LogP contribution >= 0.6 is 0 Å². The molecule has 0 rings (SSSR count). The maximum absolute atomic E-state index is 11.8. The maximum atomic E-state index is 11.8. The summed E-state index contributed by atoms with van der Waals surface area (Å²) < 4.78 is 0. The third kappa shape index (κ3) is 10.8. The van der Waals surface area contributed by atoms with Gasteiger partial charge in [-0.25, -0.2) is 0 Å². The second-order valence-electron chi connectivity index (χ2n) is 6.60. The fourth-order valence-corrected chi connectivity index (χ4v) is 1.81. The Bertz CT molecular complexity index is 252. The molecule has 0 saturated heterocycles. The van der Waals surface area contributed by atoms with Gasteiger partial charge in [0.2, 0.25) is 5.91 Å². The van der Waals surface area contributed by atoms with Crippen LogP contribution < -0.4 is 5.32 Å². The highest BCUT2D eigenvalue weighted by Gasteiger charge is 2.21. The first-order valence-electron chi connectivity index (χ1n) is 7.78. The first kappa shape index (κ1) is 18.2. The van der Waals surface area contributed by atoms with E-state index in [9.17, 15) is 4.79 Å². The zero-order valence-electron chi connectivity index (χ0n) is 13.4. The van der Waals surface area contributed by atoms with Gasteiger partial charge in [-0.1, -0.05) is 52.5 Å². The van der Waals surface area contributed by atoms with Crippen molar-refractivity contribution in [1.29, 1.82) is 0 Å². The van der Waals surface area contributed by atoms with E-state index in [2.05, 4.69) is 39.6 Å². The predicted octanol–water partition coefficient (Wildman–Crippen LogP) is 4.84. The summed E-state index contributed by atoms with van der Waals surface area (Å²) in [5.74, 6) is 0.203. The van der Waals surface area contributed by atoms with Crippen molar-refractivity contribution in [3.63, 3.8) is 0 Å². The number of nitrogens with one attached hydrogen (secondary N) is 1. The molecule has 1 atom stereocenters. The van der Waals surface area contributed by atoms with Crippen LogP contribution in [-0.2, 0) is 4.79 Å². The van der Waals surface area contributed by atoms with Crippen molar-refractivity contribution in [1.82, 2.24) is 5.32 Å². The minimum Gasteiger partial charge on any atom is -0.353 e. The van der Waals surface area contributed by atoms with E-state index in [1.807, 2.05) is 6.08 Å². The molecule has 0 aliphatic rings. The molecule has 0 radical (unpaired) electrons. The third-order valence-electron chi connectivity index (χ3n) is 3.74. The average Bonchev–Trinajstić information content (AvgIpc) is 2.31. The molecule has 0 aromatic heterocycles. The Morgan fingerprint density at radius 1 is 1.11 bits per heavy atom. The summed E-state index contributed by atoms with van der Waals surface area (Å²) in [7, 11) is 0. The van der Waals surface area contributed by atoms with E-state index >= 15 is 0 Å². The molecule has 0 spiro atoms. The number of unbranched alkanes of at least 4 members (excludes halogenated alkanes) is 6. The first-order chi connectivity index (χ1) is 8.88. The molecule has 2 nitrogen and oxygen atoms in total. The minimum absolute atomic E-state index is 0.140. The minimum atomic E-state index is 0.140.